The highest BCUT2D eigenvalue weighted by molar-refractivity contribution is 5.16. The third-order valence-electron chi connectivity index (χ3n) is 5.20. The highest BCUT2D eigenvalue weighted by atomic mass is 16.5. The minimum atomic E-state index is 0.216. The maximum Gasteiger partial charge on any atom is 0.0531 e. The first-order valence-electron chi connectivity index (χ1n) is 7.75. The molecule has 0 aliphatic carbocycles. The fourth-order valence-corrected chi connectivity index (χ4v) is 4.24. The van der Waals surface area contributed by atoms with E-state index in [1.807, 2.05) is 0 Å². The van der Waals surface area contributed by atoms with E-state index in [2.05, 4.69) is 35.2 Å². The molecule has 0 spiro atoms. The Balaban J connectivity index is 1.72. The van der Waals surface area contributed by atoms with Gasteiger partial charge >= 0.3 is 0 Å². The third kappa shape index (κ3) is 2.62. The van der Waals surface area contributed by atoms with Crippen molar-refractivity contribution in [3.63, 3.8) is 0 Å². The Labute approximate surface area is 122 Å². The number of nitrogens with zero attached hydrogens (tertiary/aromatic N) is 1. The Kier molecular flexibility index (Phi) is 4.11. The molecule has 0 amide bonds. The molecule has 2 bridgehead atoms. The zero-order valence-corrected chi connectivity index (χ0v) is 12.4. The molecule has 2 aliphatic rings. The van der Waals surface area contributed by atoms with Crippen LogP contribution < -0.4 is 5.73 Å². The minimum absolute atomic E-state index is 0.216. The molecule has 2 atom stereocenters. The second kappa shape index (κ2) is 5.84. The van der Waals surface area contributed by atoms with Crippen LogP contribution in [0.3, 0.4) is 0 Å². The number of methoxy groups -OCH3 is 1. The Hall–Kier alpha value is -0.900. The number of rotatable bonds is 5. The fourth-order valence-electron chi connectivity index (χ4n) is 4.24. The summed E-state index contributed by atoms with van der Waals surface area (Å²) in [5, 5.41) is 0. The first kappa shape index (κ1) is 14.1. The zero-order chi connectivity index (χ0) is 14.0. The predicted octanol–water partition coefficient (Wildman–Crippen LogP) is 2.40. The molecule has 20 heavy (non-hydrogen) atoms. The topological polar surface area (TPSA) is 38.5 Å². The number of piperidine rings is 1. The van der Waals surface area contributed by atoms with E-state index in [-0.39, 0.29) is 5.41 Å². The molecule has 2 saturated heterocycles. The summed E-state index contributed by atoms with van der Waals surface area (Å²) in [7, 11) is 1.80. The molecule has 1 aromatic carbocycles. The van der Waals surface area contributed by atoms with Gasteiger partial charge in [0.05, 0.1) is 6.61 Å². The molecular formula is C17H26N2O. The van der Waals surface area contributed by atoms with E-state index < -0.39 is 0 Å². The van der Waals surface area contributed by atoms with Crippen LogP contribution in [0.2, 0.25) is 0 Å². The summed E-state index contributed by atoms with van der Waals surface area (Å²) in [4.78, 5) is 2.71. The maximum atomic E-state index is 6.08. The van der Waals surface area contributed by atoms with Crippen molar-refractivity contribution in [1.82, 2.24) is 4.90 Å². The molecule has 2 fully saturated rings. The lowest BCUT2D eigenvalue weighted by atomic mass is 9.75. The van der Waals surface area contributed by atoms with Gasteiger partial charge in [-0.2, -0.15) is 0 Å². The Morgan fingerprint density at radius 2 is 1.85 bits per heavy atom. The number of nitrogens with two attached hydrogens (primary N) is 1. The molecule has 0 saturated carbocycles. The average molecular weight is 274 g/mol. The van der Waals surface area contributed by atoms with Crippen LogP contribution in [0.5, 0.6) is 0 Å². The van der Waals surface area contributed by atoms with Crippen molar-refractivity contribution < 1.29 is 4.74 Å². The molecule has 110 valence electrons. The molecule has 0 radical (unpaired) electrons. The van der Waals surface area contributed by atoms with E-state index in [0.717, 1.165) is 19.7 Å². The van der Waals surface area contributed by atoms with Crippen LogP contribution in [0.1, 0.15) is 31.2 Å². The average Bonchev–Trinajstić information content (AvgIpc) is 2.73. The van der Waals surface area contributed by atoms with E-state index in [0.29, 0.717) is 12.1 Å². The van der Waals surface area contributed by atoms with E-state index in [1.165, 1.54) is 31.2 Å². The van der Waals surface area contributed by atoms with E-state index in [1.54, 1.807) is 7.11 Å². The van der Waals surface area contributed by atoms with Crippen molar-refractivity contribution in [1.29, 1.82) is 0 Å². The highest BCUT2D eigenvalue weighted by Crippen LogP contribution is 2.45. The first-order chi connectivity index (χ1) is 9.76. The Morgan fingerprint density at radius 1 is 1.20 bits per heavy atom. The molecule has 2 N–H and O–H groups in total. The van der Waals surface area contributed by atoms with Crippen molar-refractivity contribution in [2.45, 2.75) is 44.3 Å². The van der Waals surface area contributed by atoms with Gasteiger partial charge in [0, 0.05) is 37.7 Å². The fraction of sp³-hybridized carbons (Fsp3) is 0.647. The van der Waals surface area contributed by atoms with Gasteiger partial charge in [-0.25, -0.2) is 0 Å². The normalized spacial score (nSPS) is 33.5. The number of benzene rings is 1. The van der Waals surface area contributed by atoms with Crippen molar-refractivity contribution in [3.8, 4) is 0 Å². The summed E-state index contributed by atoms with van der Waals surface area (Å²) in [6, 6.07) is 12.2. The second-order valence-electron chi connectivity index (χ2n) is 6.59. The first-order valence-corrected chi connectivity index (χ1v) is 7.75. The maximum absolute atomic E-state index is 6.08. The lowest BCUT2D eigenvalue weighted by molar-refractivity contribution is -0.0106. The smallest absolute Gasteiger partial charge is 0.0531 e. The van der Waals surface area contributed by atoms with Crippen molar-refractivity contribution in [2.75, 3.05) is 20.3 Å². The SMILES string of the molecule is COCC1(CN)CC2CCC(C1)N2Cc1ccccc1. The van der Waals surface area contributed by atoms with Crippen molar-refractivity contribution in [3.05, 3.63) is 35.9 Å². The van der Waals surface area contributed by atoms with E-state index in [9.17, 15) is 0 Å². The molecule has 2 aliphatic heterocycles. The van der Waals surface area contributed by atoms with Gasteiger partial charge in [-0.15, -0.1) is 0 Å². The summed E-state index contributed by atoms with van der Waals surface area (Å²) < 4.78 is 5.46. The van der Waals surface area contributed by atoms with Gasteiger partial charge in [-0.1, -0.05) is 30.3 Å². The predicted molar refractivity (Wildman–Crippen MR) is 81.4 cm³/mol. The third-order valence-corrected chi connectivity index (χ3v) is 5.20. The van der Waals surface area contributed by atoms with Gasteiger partial charge in [0.25, 0.3) is 0 Å². The number of fused-ring (bicyclic) bond motifs is 2. The van der Waals surface area contributed by atoms with Gasteiger partial charge in [-0.3, -0.25) is 4.90 Å². The highest BCUT2D eigenvalue weighted by Gasteiger charge is 2.47. The summed E-state index contributed by atoms with van der Waals surface area (Å²) in [6.07, 6.45) is 5.03. The summed E-state index contributed by atoms with van der Waals surface area (Å²) in [5.41, 5.74) is 7.72. The van der Waals surface area contributed by atoms with Crippen LogP contribution in [-0.4, -0.2) is 37.2 Å². The molecule has 0 aromatic heterocycles. The van der Waals surface area contributed by atoms with Crippen LogP contribution in [0.25, 0.3) is 0 Å². The van der Waals surface area contributed by atoms with Gasteiger partial charge in [0.1, 0.15) is 0 Å². The molecule has 3 nitrogen and oxygen atoms in total. The summed E-state index contributed by atoms with van der Waals surface area (Å²) >= 11 is 0. The van der Waals surface area contributed by atoms with Crippen LogP contribution in [0, 0.1) is 5.41 Å². The van der Waals surface area contributed by atoms with E-state index >= 15 is 0 Å². The largest absolute Gasteiger partial charge is 0.384 e. The van der Waals surface area contributed by atoms with Gasteiger partial charge in [-0.05, 0) is 31.2 Å². The molecular weight excluding hydrogens is 248 g/mol. The number of ether oxygens (including phenoxy) is 1. The number of hydrogen-bond acceptors (Lipinski definition) is 3. The van der Waals surface area contributed by atoms with Crippen LogP contribution in [-0.2, 0) is 11.3 Å². The molecule has 3 heteroatoms. The van der Waals surface area contributed by atoms with Crippen molar-refractivity contribution in [2.24, 2.45) is 11.1 Å². The molecule has 2 heterocycles. The Bertz CT molecular complexity index is 420. The lowest BCUT2D eigenvalue weighted by Gasteiger charge is -2.46. The lowest BCUT2D eigenvalue weighted by Crippen LogP contribution is -2.51. The van der Waals surface area contributed by atoms with Gasteiger partial charge < -0.3 is 10.5 Å². The van der Waals surface area contributed by atoms with Crippen LogP contribution in [0.15, 0.2) is 30.3 Å². The molecule has 1 aromatic rings. The molecule has 3 rings (SSSR count). The Morgan fingerprint density at radius 3 is 2.40 bits per heavy atom. The quantitative estimate of drug-likeness (QED) is 0.896. The second-order valence-corrected chi connectivity index (χ2v) is 6.59. The summed E-state index contributed by atoms with van der Waals surface area (Å²) in [5.74, 6) is 0. The van der Waals surface area contributed by atoms with Gasteiger partial charge in [0.15, 0.2) is 0 Å². The number of hydrogen-bond donors (Lipinski definition) is 1. The van der Waals surface area contributed by atoms with Crippen LogP contribution >= 0.6 is 0 Å². The standard InChI is InChI=1S/C17H26N2O/c1-20-13-17(12-18)9-15-7-8-16(10-17)19(15)11-14-5-3-2-4-6-14/h2-6,15-16H,7-13,18H2,1H3. The van der Waals surface area contributed by atoms with Crippen LogP contribution in [0.4, 0.5) is 0 Å². The summed E-state index contributed by atoms with van der Waals surface area (Å²) in [6.45, 7) is 2.66. The minimum Gasteiger partial charge on any atom is -0.384 e. The van der Waals surface area contributed by atoms with E-state index in [4.69, 9.17) is 10.5 Å². The van der Waals surface area contributed by atoms with Crippen molar-refractivity contribution >= 4 is 0 Å². The zero-order valence-electron chi connectivity index (χ0n) is 12.4. The molecule has 2 unspecified atom stereocenters. The monoisotopic (exact) mass is 274 g/mol. The van der Waals surface area contributed by atoms with Gasteiger partial charge in [0.2, 0.25) is 0 Å².